The summed E-state index contributed by atoms with van der Waals surface area (Å²) in [4.78, 5) is 23.8. The molecule has 5 heteroatoms. The highest BCUT2D eigenvalue weighted by atomic mass is 16.1. The van der Waals surface area contributed by atoms with E-state index in [-0.39, 0.29) is 18.4 Å². The molecule has 0 unspecified atom stereocenters. The van der Waals surface area contributed by atoms with Gasteiger partial charge in [-0.1, -0.05) is 0 Å². The molecule has 2 rings (SSSR count). The third-order valence-corrected chi connectivity index (χ3v) is 2.66. The Morgan fingerprint density at radius 1 is 1.21 bits per heavy atom. The molecule has 2 aromatic heterocycles. The zero-order valence-corrected chi connectivity index (χ0v) is 10.8. The molecule has 19 heavy (non-hydrogen) atoms. The number of hydrogen-bond acceptors (Lipinski definition) is 4. The van der Waals surface area contributed by atoms with E-state index >= 15 is 0 Å². The first-order chi connectivity index (χ1) is 9.24. The van der Waals surface area contributed by atoms with E-state index in [1.807, 2.05) is 19.1 Å². The molecule has 1 N–H and O–H groups in total. The maximum atomic E-state index is 11.8. The molecule has 1 atom stereocenters. The van der Waals surface area contributed by atoms with Crippen LogP contribution in [0.3, 0.4) is 0 Å². The van der Waals surface area contributed by atoms with Gasteiger partial charge in [0.05, 0.1) is 12.1 Å². The third-order valence-electron chi connectivity index (χ3n) is 2.66. The van der Waals surface area contributed by atoms with Crippen LogP contribution in [0.1, 0.15) is 18.2 Å². The second-order valence-electron chi connectivity index (χ2n) is 4.40. The highest BCUT2D eigenvalue weighted by Gasteiger charge is 2.09. The van der Waals surface area contributed by atoms with Crippen molar-refractivity contribution < 1.29 is 4.79 Å². The van der Waals surface area contributed by atoms with Crippen molar-refractivity contribution in [1.82, 2.24) is 20.3 Å². The van der Waals surface area contributed by atoms with Crippen LogP contribution in [0.15, 0.2) is 43.1 Å². The van der Waals surface area contributed by atoms with Crippen LogP contribution in [0.5, 0.6) is 0 Å². The van der Waals surface area contributed by atoms with E-state index in [1.165, 1.54) is 0 Å². The summed E-state index contributed by atoms with van der Waals surface area (Å²) in [6.07, 6.45) is 9.33. The number of nitrogens with zero attached hydrogens (tertiary/aromatic N) is 3. The Kier molecular flexibility index (Phi) is 4.55. The highest BCUT2D eigenvalue weighted by molar-refractivity contribution is 5.78. The Bertz CT molecular complexity index is 515. The van der Waals surface area contributed by atoms with Gasteiger partial charge < -0.3 is 5.32 Å². The van der Waals surface area contributed by atoms with Crippen LogP contribution >= 0.6 is 0 Å². The topological polar surface area (TPSA) is 67.8 Å². The van der Waals surface area contributed by atoms with Gasteiger partial charge in [-0.05, 0) is 31.0 Å². The molecule has 98 valence electrons. The van der Waals surface area contributed by atoms with Crippen molar-refractivity contribution in [3.8, 4) is 0 Å². The SMILES string of the molecule is C[C@@H](Cc1ccncc1)NC(=O)Cc1cnccn1. The molecule has 0 saturated heterocycles. The zero-order valence-electron chi connectivity index (χ0n) is 10.8. The lowest BCUT2D eigenvalue weighted by Gasteiger charge is -2.13. The fourth-order valence-electron chi connectivity index (χ4n) is 1.84. The van der Waals surface area contributed by atoms with Gasteiger partial charge >= 0.3 is 0 Å². The van der Waals surface area contributed by atoms with E-state index in [2.05, 4.69) is 20.3 Å². The first-order valence-electron chi connectivity index (χ1n) is 6.17. The molecule has 0 bridgehead atoms. The Balaban J connectivity index is 1.82. The van der Waals surface area contributed by atoms with Crippen LogP contribution in [0, 0.1) is 0 Å². The van der Waals surface area contributed by atoms with Gasteiger partial charge in [-0.15, -0.1) is 0 Å². The molecular formula is C14H16N4O. The van der Waals surface area contributed by atoms with Gasteiger partial charge in [0.2, 0.25) is 5.91 Å². The summed E-state index contributed by atoms with van der Waals surface area (Å²) in [5.41, 5.74) is 1.83. The normalized spacial score (nSPS) is 11.8. The van der Waals surface area contributed by atoms with Gasteiger partial charge in [0.15, 0.2) is 0 Å². The monoisotopic (exact) mass is 256 g/mol. The zero-order chi connectivity index (χ0) is 13.5. The Morgan fingerprint density at radius 2 is 2.00 bits per heavy atom. The number of pyridine rings is 1. The van der Waals surface area contributed by atoms with Crippen LogP contribution in [-0.4, -0.2) is 26.9 Å². The second kappa shape index (κ2) is 6.58. The van der Waals surface area contributed by atoms with Crippen molar-refractivity contribution in [3.63, 3.8) is 0 Å². The molecular weight excluding hydrogens is 240 g/mol. The van der Waals surface area contributed by atoms with Crippen LogP contribution in [0.25, 0.3) is 0 Å². The van der Waals surface area contributed by atoms with Crippen LogP contribution < -0.4 is 5.32 Å². The predicted octanol–water partition coefficient (Wildman–Crippen LogP) is 1.16. The third kappa shape index (κ3) is 4.46. The summed E-state index contributed by atoms with van der Waals surface area (Å²) < 4.78 is 0. The minimum atomic E-state index is -0.0398. The van der Waals surface area contributed by atoms with Gasteiger partial charge in [-0.25, -0.2) is 0 Å². The summed E-state index contributed by atoms with van der Waals surface area (Å²) in [5, 5.41) is 2.95. The lowest BCUT2D eigenvalue weighted by atomic mass is 10.1. The summed E-state index contributed by atoms with van der Waals surface area (Å²) in [6, 6.07) is 3.97. The number of nitrogens with one attached hydrogen (secondary N) is 1. The van der Waals surface area contributed by atoms with Gasteiger partial charge in [0.25, 0.3) is 0 Å². The van der Waals surface area contributed by atoms with E-state index in [4.69, 9.17) is 0 Å². The van der Waals surface area contributed by atoms with Crippen LogP contribution in [0.2, 0.25) is 0 Å². The van der Waals surface area contributed by atoms with Gasteiger partial charge in [-0.2, -0.15) is 0 Å². The van der Waals surface area contributed by atoms with Crippen molar-refractivity contribution in [2.75, 3.05) is 0 Å². The summed E-state index contributed by atoms with van der Waals surface area (Å²) in [7, 11) is 0. The lowest BCUT2D eigenvalue weighted by Crippen LogP contribution is -2.35. The van der Waals surface area contributed by atoms with Gasteiger partial charge in [0, 0.05) is 37.0 Å². The maximum absolute atomic E-state index is 11.8. The molecule has 0 aliphatic carbocycles. The highest BCUT2D eigenvalue weighted by Crippen LogP contribution is 2.01. The van der Waals surface area contributed by atoms with Crippen molar-refractivity contribution in [2.24, 2.45) is 0 Å². The Hall–Kier alpha value is -2.30. The molecule has 5 nitrogen and oxygen atoms in total. The van der Waals surface area contributed by atoms with E-state index in [0.717, 1.165) is 12.0 Å². The quantitative estimate of drug-likeness (QED) is 0.871. The summed E-state index contributed by atoms with van der Waals surface area (Å²) in [6.45, 7) is 1.98. The van der Waals surface area contributed by atoms with Crippen LogP contribution in [-0.2, 0) is 17.6 Å². The standard InChI is InChI=1S/C14H16N4O/c1-11(8-12-2-4-15-5-3-12)18-14(19)9-13-10-16-6-7-17-13/h2-7,10-11H,8-9H2,1H3,(H,18,19)/t11-/m0/s1. The van der Waals surface area contributed by atoms with Gasteiger partial charge in [0.1, 0.15) is 0 Å². The van der Waals surface area contributed by atoms with E-state index < -0.39 is 0 Å². The first kappa shape index (κ1) is 13.1. The fourth-order valence-corrected chi connectivity index (χ4v) is 1.84. The van der Waals surface area contributed by atoms with E-state index in [1.54, 1.807) is 31.0 Å². The summed E-state index contributed by atoms with van der Waals surface area (Å²) in [5.74, 6) is -0.0398. The average molecular weight is 256 g/mol. The average Bonchev–Trinajstić information content (AvgIpc) is 2.40. The molecule has 2 aromatic rings. The number of carbonyl (C=O) groups is 1. The number of rotatable bonds is 5. The number of hydrogen-bond donors (Lipinski definition) is 1. The largest absolute Gasteiger partial charge is 0.353 e. The minimum Gasteiger partial charge on any atom is -0.353 e. The first-order valence-corrected chi connectivity index (χ1v) is 6.17. The van der Waals surface area contributed by atoms with Crippen molar-refractivity contribution in [1.29, 1.82) is 0 Å². The molecule has 0 aromatic carbocycles. The molecule has 0 aliphatic rings. The van der Waals surface area contributed by atoms with Crippen molar-refractivity contribution in [2.45, 2.75) is 25.8 Å². The number of carbonyl (C=O) groups excluding carboxylic acids is 1. The van der Waals surface area contributed by atoms with Crippen molar-refractivity contribution >= 4 is 5.91 Å². The number of aromatic nitrogens is 3. The fraction of sp³-hybridized carbons (Fsp3) is 0.286. The number of amides is 1. The second-order valence-corrected chi connectivity index (χ2v) is 4.40. The van der Waals surface area contributed by atoms with Crippen LogP contribution in [0.4, 0.5) is 0 Å². The lowest BCUT2D eigenvalue weighted by molar-refractivity contribution is -0.121. The molecule has 0 radical (unpaired) electrons. The molecule has 0 spiro atoms. The maximum Gasteiger partial charge on any atom is 0.226 e. The summed E-state index contributed by atoms with van der Waals surface area (Å²) >= 11 is 0. The molecule has 1 amide bonds. The minimum absolute atomic E-state index is 0.0398. The van der Waals surface area contributed by atoms with E-state index in [9.17, 15) is 4.79 Å². The predicted molar refractivity (Wildman–Crippen MR) is 71.3 cm³/mol. The van der Waals surface area contributed by atoms with E-state index in [0.29, 0.717) is 5.69 Å². The van der Waals surface area contributed by atoms with Crippen molar-refractivity contribution in [3.05, 3.63) is 54.4 Å². The molecule has 0 saturated carbocycles. The Labute approximate surface area is 112 Å². The molecule has 0 fully saturated rings. The molecule has 2 heterocycles. The van der Waals surface area contributed by atoms with Gasteiger partial charge in [-0.3, -0.25) is 19.7 Å². The smallest absolute Gasteiger partial charge is 0.226 e. The molecule has 0 aliphatic heterocycles. The Morgan fingerprint density at radius 3 is 2.68 bits per heavy atom.